The summed E-state index contributed by atoms with van der Waals surface area (Å²) >= 11 is 0. The largest absolute Gasteiger partial charge is 0.397 e. The zero-order valence-electron chi connectivity index (χ0n) is 9.09. The van der Waals surface area contributed by atoms with Crippen molar-refractivity contribution in [1.82, 2.24) is 4.90 Å². The van der Waals surface area contributed by atoms with Crippen LogP contribution >= 0.6 is 0 Å². The van der Waals surface area contributed by atoms with Gasteiger partial charge < -0.3 is 10.6 Å². The summed E-state index contributed by atoms with van der Waals surface area (Å²) in [6, 6.07) is -0.225. The number of nitrogens with two attached hydrogens (primary N) is 1. The molecule has 1 aliphatic heterocycles. The van der Waals surface area contributed by atoms with Crippen LogP contribution in [0.1, 0.15) is 32.1 Å². The molecule has 0 aromatic carbocycles. The highest BCUT2D eigenvalue weighted by molar-refractivity contribution is 5.77. The SMILES string of the molecule is NCC1CCCCCN1C(=O)CC(F)(F)F. The normalized spacial score (nSPS) is 23.0. The van der Waals surface area contributed by atoms with E-state index in [1.165, 1.54) is 4.90 Å². The lowest BCUT2D eigenvalue weighted by Crippen LogP contribution is -2.45. The predicted octanol–water partition coefficient (Wildman–Crippen LogP) is 1.67. The van der Waals surface area contributed by atoms with E-state index in [9.17, 15) is 18.0 Å². The van der Waals surface area contributed by atoms with Gasteiger partial charge in [-0.1, -0.05) is 12.8 Å². The van der Waals surface area contributed by atoms with Gasteiger partial charge in [0.05, 0.1) is 0 Å². The number of carbonyl (C=O) groups excluding carboxylic acids is 1. The maximum absolute atomic E-state index is 12.1. The lowest BCUT2D eigenvalue weighted by Gasteiger charge is -2.29. The van der Waals surface area contributed by atoms with E-state index in [-0.39, 0.29) is 12.6 Å². The minimum Gasteiger partial charge on any atom is -0.338 e. The van der Waals surface area contributed by atoms with Crippen molar-refractivity contribution in [3.63, 3.8) is 0 Å². The Labute approximate surface area is 92.8 Å². The summed E-state index contributed by atoms with van der Waals surface area (Å²) < 4.78 is 36.3. The van der Waals surface area contributed by atoms with Crippen molar-refractivity contribution in [2.45, 2.75) is 44.3 Å². The highest BCUT2D eigenvalue weighted by Gasteiger charge is 2.35. The van der Waals surface area contributed by atoms with E-state index in [0.717, 1.165) is 19.3 Å². The van der Waals surface area contributed by atoms with Crippen LogP contribution in [0.25, 0.3) is 0 Å². The Hall–Kier alpha value is -0.780. The molecule has 3 nitrogen and oxygen atoms in total. The van der Waals surface area contributed by atoms with Crippen LogP contribution in [0.4, 0.5) is 13.2 Å². The first-order valence-electron chi connectivity index (χ1n) is 5.50. The molecule has 0 bridgehead atoms. The summed E-state index contributed by atoms with van der Waals surface area (Å²) in [5.41, 5.74) is 5.49. The molecule has 0 aromatic heterocycles. The third-order valence-corrected chi connectivity index (χ3v) is 2.82. The molecule has 1 fully saturated rings. The molecule has 16 heavy (non-hydrogen) atoms. The average Bonchev–Trinajstić information content (AvgIpc) is 2.39. The van der Waals surface area contributed by atoms with Crippen molar-refractivity contribution in [3.8, 4) is 0 Å². The van der Waals surface area contributed by atoms with Crippen molar-refractivity contribution < 1.29 is 18.0 Å². The zero-order chi connectivity index (χ0) is 12.2. The Balaban J connectivity index is 2.63. The van der Waals surface area contributed by atoms with Crippen molar-refractivity contribution in [3.05, 3.63) is 0 Å². The van der Waals surface area contributed by atoms with Gasteiger partial charge in [0.2, 0.25) is 5.91 Å². The van der Waals surface area contributed by atoms with Crippen molar-refractivity contribution in [2.24, 2.45) is 5.73 Å². The number of likely N-dealkylation sites (tertiary alicyclic amines) is 1. The van der Waals surface area contributed by atoms with Crippen LogP contribution in [0, 0.1) is 0 Å². The Morgan fingerprint density at radius 1 is 1.31 bits per heavy atom. The quantitative estimate of drug-likeness (QED) is 0.795. The second-order valence-electron chi connectivity index (χ2n) is 4.12. The molecule has 1 heterocycles. The Bertz CT molecular complexity index is 243. The van der Waals surface area contributed by atoms with Crippen LogP contribution in [0.15, 0.2) is 0 Å². The number of rotatable bonds is 2. The molecule has 6 heteroatoms. The summed E-state index contributed by atoms with van der Waals surface area (Å²) in [5, 5.41) is 0. The molecule has 1 saturated heterocycles. The van der Waals surface area contributed by atoms with Gasteiger partial charge in [0.15, 0.2) is 0 Å². The van der Waals surface area contributed by atoms with Gasteiger partial charge >= 0.3 is 6.18 Å². The molecule has 2 N–H and O–H groups in total. The minimum atomic E-state index is -4.43. The van der Waals surface area contributed by atoms with E-state index in [1.807, 2.05) is 0 Å². The number of nitrogens with zero attached hydrogens (tertiary/aromatic N) is 1. The topological polar surface area (TPSA) is 46.3 Å². The minimum absolute atomic E-state index is 0.225. The van der Waals surface area contributed by atoms with Crippen molar-refractivity contribution in [2.75, 3.05) is 13.1 Å². The first kappa shape index (κ1) is 13.3. The number of carbonyl (C=O) groups is 1. The fourth-order valence-corrected chi connectivity index (χ4v) is 2.02. The van der Waals surface area contributed by atoms with E-state index >= 15 is 0 Å². The molecule has 0 saturated carbocycles. The molecule has 0 aliphatic carbocycles. The first-order valence-corrected chi connectivity index (χ1v) is 5.50. The maximum Gasteiger partial charge on any atom is 0.397 e. The third kappa shape index (κ3) is 4.00. The van der Waals surface area contributed by atoms with Gasteiger partial charge in [-0.25, -0.2) is 0 Å². The van der Waals surface area contributed by atoms with Gasteiger partial charge in [-0.15, -0.1) is 0 Å². The Kier molecular flexibility index (Phi) is 4.58. The fraction of sp³-hybridized carbons (Fsp3) is 0.900. The van der Waals surface area contributed by atoms with Crippen LogP contribution in [0.5, 0.6) is 0 Å². The van der Waals surface area contributed by atoms with E-state index in [0.29, 0.717) is 13.0 Å². The number of hydrogen-bond donors (Lipinski definition) is 1. The van der Waals surface area contributed by atoms with E-state index < -0.39 is 18.5 Å². The third-order valence-electron chi connectivity index (χ3n) is 2.82. The average molecular weight is 238 g/mol. The summed E-state index contributed by atoms with van der Waals surface area (Å²) in [7, 11) is 0. The summed E-state index contributed by atoms with van der Waals surface area (Å²) in [4.78, 5) is 12.8. The number of halogens is 3. The molecule has 1 aliphatic rings. The van der Waals surface area contributed by atoms with Crippen LogP contribution in [0.2, 0.25) is 0 Å². The van der Waals surface area contributed by atoms with E-state index in [2.05, 4.69) is 0 Å². The lowest BCUT2D eigenvalue weighted by molar-refractivity contribution is -0.162. The van der Waals surface area contributed by atoms with Gasteiger partial charge in [-0.2, -0.15) is 13.2 Å². The monoisotopic (exact) mass is 238 g/mol. The molecular weight excluding hydrogens is 221 g/mol. The number of hydrogen-bond acceptors (Lipinski definition) is 2. The van der Waals surface area contributed by atoms with Crippen molar-refractivity contribution >= 4 is 5.91 Å². The predicted molar refractivity (Wildman–Crippen MR) is 53.7 cm³/mol. The molecule has 0 spiro atoms. The van der Waals surface area contributed by atoms with Crippen LogP contribution in [-0.4, -0.2) is 36.1 Å². The van der Waals surface area contributed by atoms with Gasteiger partial charge in [0.25, 0.3) is 0 Å². The van der Waals surface area contributed by atoms with Gasteiger partial charge in [0, 0.05) is 19.1 Å². The lowest BCUT2D eigenvalue weighted by atomic mass is 10.1. The molecule has 1 amide bonds. The molecule has 1 rings (SSSR count). The highest BCUT2D eigenvalue weighted by Crippen LogP contribution is 2.23. The molecule has 94 valence electrons. The fourth-order valence-electron chi connectivity index (χ4n) is 2.02. The van der Waals surface area contributed by atoms with E-state index in [1.54, 1.807) is 0 Å². The Morgan fingerprint density at radius 3 is 2.56 bits per heavy atom. The van der Waals surface area contributed by atoms with Crippen LogP contribution < -0.4 is 5.73 Å². The molecule has 1 unspecified atom stereocenters. The standard InChI is InChI=1S/C10H17F3N2O/c11-10(12,13)6-9(16)15-5-3-1-2-4-8(15)7-14/h8H,1-7,14H2. The summed E-state index contributed by atoms with van der Waals surface area (Å²) in [6.07, 6.45) is -2.45. The highest BCUT2D eigenvalue weighted by atomic mass is 19.4. The number of alkyl halides is 3. The Morgan fingerprint density at radius 2 is 2.00 bits per heavy atom. The zero-order valence-corrected chi connectivity index (χ0v) is 9.09. The molecule has 0 radical (unpaired) electrons. The molecular formula is C10H17F3N2O. The molecule has 0 aromatic rings. The summed E-state index contributed by atoms with van der Waals surface area (Å²) in [6.45, 7) is 0.639. The van der Waals surface area contributed by atoms with Gasteiger partial charge in [0.1, 0.15) is 6.42 Å². The number of amides is 1. The van der Waals surface area contributed by atoms with Crippen LogP contribution in [0.3, 0.4) is 0 Å². The smallest absolute Gasteiger partial charge is 0.338 e. The van der Waals surface area contributed by atoms with Gasteiger partial charge in [-0.05, 0) is 12.8 Å². The maximum atomic E-state index is 12.1. The summed E-state index contributed by atoms with van der Waals surface area (Å²) in [5.74, 6) is -0.843. The van der Waals surface area contributed by atoms with E-state index in [4.69, 9.17) is 5.73 Å². The van der Waals surface area contributed by atoms with Crippen molar-refractivity contribution in [1.29, 1.82) is 0 Å². The van der Waals surface area contributed by atoms with Crippen LogP contribution in [-0.2, 0) is 4.79 Å². The second kappa shape index (κ2) is 5.52. The first-order chi connectivity index (χ1) is 7.44. The van der Waals surface area contributed by atoms with Gasteiger partial charge in [-0.3, -0.25) is 4.79 Å². The second-order valence-corrected chi connectivity index (χ2v) is 4.12. The molecule has 1 atom stereocenters.